The molecule has 0 radical (unpaired) electrons. The first kappa shape index (κ1) is 17.9. The number of rotatable bonds is 7. The second kappa shape index (κ2) is 8.44. The Morgan fingerprint density at radius 1 is 1.12 bits per heavy atom. The normalized spacial score (nSPS) is 9.96. The van der Waals surface area contributed by atoms with Crippen LogP contribution in [0.5, 0.6) is 5.75 Å². The van der Waals surface area contributed by atoms with E-state index in [9.17, 15) is 19.7 Å². The number of nitro benzene ring substituents is 1. The largest absolute Gasteiger partial charge is 0.497 e. The molecule has 0 bridgehead atoms. The third kappa shape index (κ3) is 5.31. The summed E-state index contributed by atoms with van der Waals surface area (Å²) < 4.78 is 5.05. The average molecular weight is 343 g/mol. The zero-order valence-corrected chi connectivity index (χ0v) is 13.5. The minimum atomic E-state index is -0.585. The smallest absolute Gasteiger partial charge is 0.270 e. The van der Waals surface area contributed by atoms with Gasteiger partial charge in [-0.3, -0.25) is 19.7 Å². The fourth-order valence-corrected chi connectivity index (χ4v) is 2.03. The molecule has 0 aliphatic heterocycles. The SMILES string of the molecule is COc1ccc(CNC(=O)CNC(=O)c2cccc([N+](=O)[O-])c2)cc1. The van der Waals surface area contributed by atoms with E-state index in [1.807, 2.05) is 12.1 Å². The molecule has 0 saturated carbocycles. The Morgan fingerprint density at radius 3 is 2.48 bits per heavy atom. The number of nitrogens with one attached hydrogen (secondary N) is 2. The first-order valence-corrected chi connectivity index (χ1v) is 7.42. The van der Waals surface area contributed by atoms with Crippen molar-refractivity contribution in [2.75, 3.05) is 13.7 Å². The number of methoxy groups -OCH3 is 1. The van der Waals surface area contributed by atoms with Gasteiger partial charge in [0.2, 0.25) is 5.91 Å². The maximum atomic E-state index is 11.9. The summed E-state index contributed by atoms with van der Waals surface area (Å²) in [5, 5.41) is 15.8. The monoisotopic (exact) mass is 343 g/mol. The van der Waals surface area contributed by atoms with Gasteiger partial charge in [0.25, 0.3) is 11.6 Å². The maximum Gasteiger partial charge on any atom is 0.270 e. The van der Waals surface area contributed by atoms with E-state index in [2.05, 4.69) is 10.6 Å². The molecule has 0 unspecified atom stereocenters. The van der Waals surface area contributed by atoms with E-state index < -0.39 is 10.8 Å². The van der Waals surface area contributed by atoms with Crippen LogP contribution < -0.4 is 15.4 Å². The Kier molecular flexibility index (Phi) is 6.05. The Bertz CT molecular complexity index is 774. The molecule has 0 saturated heterocycles. The Hall–Kier alpha value is -3.42. The number of non-ortho nitro benzene ring substituents is 1. The third-order valence-corrected chi connectivity index (χ3v) is 3.38. The van der Waals surface area contributed by atoms with Crippen molar-refractivity contribution in [1.29, 1.82) is 0 Å². The quantitative estimate of drug-likeness (QED) is 0.587. The van der Waals surface area contributed by atoms with Gasteiger partial charge in [-0.2, -0.15) is 0 Å². The maximum absolute atomic E-state index is 11.9. The van der Waals surface area contributed by atoms with E-state index in [-0.39, 0.29) is 23.7 Å². The van der Waals surface area contributed by atoms with Gasteiger partial charge >= 0.3 is 0 Å². The van der Waals surface area contributed by atoms with Gasteiger partial charge in [-0.05, 0) is 23.8 Å². The van der Waals surface area contributed by atoms with Crippen molar-refractivity contribution in [1.82, 2.24) is 10.6 Å². The predicted molar refractivity (Wildman–Crippen MR) is 90.3 cm³/mol. The van der Waals surface area contributed by atoms with E-state index in [0.717, 1.165) is 17.4 Å². The van der Waals surface area contributed by atoms with Crippen LogP contribution >= 0.6 is 0 Å². The minimum absolute atomic E-state index is 0.122. The highest BCUT2D eigenvalue weighted by Crippen LogP contribution is 2.13. The van der Waals surface area contributed by atoms with Crippen molar-refractivity contribution in [3.8, 4) is 5.75 Å². The lowest BCUT2D eigenvalue weighted by atomic mass is 10.2. The van der Waals surface area contributed by atoms with Crippen molar-refractivity contribution in [2.24, 2.45) is 0 Å². The molecule has 2 aromatic carbocycles. The summed E-state index contributed by atoms with van der Waals surface area (Å²) in [5.41, 5.74) is 0.827. The molecule has 0 aliphatic carbocycles. The topological polar surface area (TPSA) is 111 Å². The fourth-order valence-electron chi connectivity index (χ4n) is 2.03. The van der Waals surface area contributed by atoms with Crippen LogP contribution in [0.4, 0.5) is 5.69 Å². The van der Waals surface area contributed by atoms with E-state index in [4.69, 9.17) is 4.74 Å². The molecule has 2 N–H and O–H groups in total. The first-order chi connectivity index (χ1) is 12.0. The lowest BCUT2D eigenvalue weighted by molar-refractivity contribution is -0.384. The highest BCUT2D eigenvalue weighted by Gasteiger charge is 2.12. The predicted octanol–water partition coefficient (Wildman–Crippen LogP) is 1.65. The molecule has 0 atom stereocenters. The van der Waals surface area contributed by atoms with Crippen molar-refractivity contribution in [2.45, 2.75) is 6.54 Å². The molecule has 2 aromatic rings. The fraction of sp³-hybridized carbons (Fsp3) is 0.176. The van der Waals surface area contributed by atoms with Crippen LogP contribution in [0.3, 0.4) is 0 Å². The standard InChI is InChI=1S/C17H17N3O5/c1-25-15-7-5-12(6-8-15)10-18-16(21)11-19-17(22)13-3-2-4-14(9-13)20(23)24/h2-9H,10-11H2,1H3,(H,18,21)(H,19,22). The first-order valence-electron chi connectivity index (χ1n) is 7.42. The number of carbonyl (C=O) groups is 2. The highest BCUT2D eigenvalue weighted by atomic mass is 16.6. The molecule has 0 fully saturated rings. The van der Waals surface area contributed by atoms with Crippen LogP contribution in [-0.2, 0) is 11.3 Å². The number of amides is 2. The third-order valence-electron chi connectivity index (χ3n) is 3.38. The molecule has 0 spiro atoms. The van der Waals surface area contributed by atoms with Gasteiger partial charge < -0.3 is 15.4 Å². The van der Waals surface area contributed by atoms with E-state index in [0.29, 0.717) is 6.54 Å². The van der Waals surface area contributed by atoms with E-state index >= 15 is 0 Å². The van der Waals surface area contributed by atoms with Gasteiger partial charge in [0.1, 0.15) is 5.75 Å². The summed E-state index contributed by atoms with van der Waals surface area (Å²) in [4.78, 5) is 33.9. The number of nitro groups is 1. The van der Waals surface area contributed by atoms with Crippen LogP contribution in [-0.4, -0.2) is 30.4 Å². The summed E-state index contributed by atoms with van der Waals surface area (Å²) in [6.07, 6.45) is 0. The van der Waals surface area contributed by atoms with E-state index in [1.54, 1.807) is 19.2 Å². The lowest BCUT2D eigenvalue weighted by Gasteiger charge is -2.08. The lowest BCUT2D eigenvalue weighted by Crippen LogP contribution is -2.36. The zero-order chi connectivity index (χ0) is 18.2. The average Bonchev–Trinajstić information content (AvgIpc) is 2.64. The molecule has 25 heavy (non-hydrogen) atoms. The highest BCUT2D eigenvalue weighted by molar-refractivity contribution is 5.96. The number of ether oxygens (including phenoxy) is 1. The number of benzene rings is 2. The van der Waals surface area contributed by atoms with Crippen molar-refractivity contribution in [3.63, 3.8) is 0 Å². The molecule has 0 aromatic heterocycles. The van der Waals surface area contributed by atoms with Crippen molar-refractivity contribution < 1.29 is 19.2 Å². The molecule has 2 rings (SSSR count). The van der Waals surface area contributed by atoms with Crippen molar-refractivity contribution in [3.05, 3.63) is 69.8 Å². The van der Waals surface area contributed by atoms with Gasteiger partial charge in [0.15, 0.2) is 0 Å². The van der Waals surface area contributed by atoms with E-state index in [1.165, 1.54) is 18.2 Å². The second-order valence-corrected chi connectivity index (χ2v) is 5.11. The van der Waals surface area contributed by atoms with Crippen LogP contribution in [0.25, 0.3) is 0 Å². The van der Waals surface area contributed by atoms with Gasteiger partial charge in [-0.25, -0.2) is 0 Å². The molecule has 130 valence electrons. The van der Waals surface area contributed by atoms with Gasteiger partial charge in [0.05, 0.1) is 18.6 Å². The summed E-state index contributed by atoms with van der Waals surface area (Å²) >= 11 is 0. The Balaban J connectivity index is 1.81. The Labute approximate surface area is 144 Å². The Morgan fingerprint density at radius 2 is 1.84 bits per heavy atom. The second-order valence-electron chi connectivity index (χ2n) is 5.11. The molecule has 8 nitrogen and oxygen atoms in total. The summed E-state index contributed by atoms with van der Waals surface area (Å²) in [7, 11) is 1.57. The van der Waals surface area contributed by atoms with Crippen LogP contribution in [0.1, 0.15) is 15.9 Å². The summed E-state index contributed by atoms with van der Waals surface area (Å²) in [6, 6.07) is 12.5. The molecular formula is C17H17N3O5. The molecule has 2 amide bonds. The van der Waals surface area contributed by atoms with Gasteiger partial charge in [0, 0.05) is 24.2 Å². The number of hydrogen-bond donors (Lipinski definition) is 2. The summed E-state index contributed by atoms with van der Waals surface area (Å²) in [6.45, 7) is 0.0905. The molecule has 0 aliphatic rings. The van der Waals surface area contributed by atoms with Crippen LogP contribution in [0.2, 0.25) is 0 Å². The molecule has 0 heterocycles. The minimum Gasteiger partial charge on any atom is -0.497 e. The number of nitrogens with zero attached hydrogens (tertiary/aromatic N) is 1. The molecule has 8 heteroatoms. The summed E-state index contributed by atoms with van der Waals surface area (Å²) in [5.74, 6) is -0.197. The van der Waals surface area contributed by atoms with Gasteiger partial charge in [-0.1, -0.05) is 18.2 Å². The van der Waals surface area contributed by atoms with Gasteiger partial charge in [-0.15, -0.1) is 0 Å². The number of hydrogen-bond acceptors (Lipinski definition) is 5. The molecular weight excluding hydrogens is 326 g/mol. The number of carbonyl (C=O) groups excluding carboxylic acids is 2. The van der Waals surface area contributed by atoms with Crippen LogP contribution in [0.15, 0.2) is 48.5 Å². The zero-order valence-electron chi connectivity index (χ0n) is 13.5. The van der Waals surface area contributed by atoms with Crippen molar-refractivity contribution >= 4 is 17.5 Å². The van der Waals surface area contributed by atoms with Crippen LogP contribution in [0, 0.1) is 10.1 Å².